The van der Waals surface area contributed by atoms with Crippen LogP contribution < -0.4 is 15.5 Å². The van der Waals surface area contributed by atoms with Crippen LogP contribution in [-0.2, 0) is 20.9 Å². The Morgan fingerprint density at radius 3 is 2.64 bits per heavy atom. The highest BCUT2D eigenvalue weighted by atomic mass is 19.1. The van der Waals surface area contributed by atoms with E-state index in [1.54, 1.807) is 42.6 Å². The van der Waals surface area contributed by atoms with Crippen molar-refractivity contribution in [3.63, 3.8) is 0 Å². The molecule has 4 aliphatic rings. The van der Waals surface area contributed by atoms with Crippen LogP contribution in [0.3, 0.4) is 0 Å². The van der Waals surface area contributed by atoms with Crippen LogP contribution in [0, 0.1) is 11.2 Å². The minimum Gasteiger partial charge on any atom is -0.376 e. The van der Waals surface area contributed by atoms with Gasteiger partial charge >= 0.3 is 0 Å². The summed E-state index contributed by atoms with van der Waals surface area (Å²) in [4.78, 5) is 70.2. The van der Waals surface area contributed by atoms with Gasteiger partial charge in [0.1, 0.15) is 29.3 Å². The second-order valence-electron chi connectivity index (χ2n) is 14.2. The number of hydrogen-bond acceptors (Lipinski definition) is 9. The molecule has 2 atom stereocenters. The molecule has 4 aliphatic heterocycles. The number of likely N-dealkylation sites (tertiary alicyclic amines) is 1. The zero-order valence-electron chi connectivity index (χ0n) is 30.1. The van der Waals surface area contributed by atoms with Crippen LogP contribution in [0.15, 0.2) is 72.9 Å². The number of benzene rings is 2. The molecule has 6 heterocycles. The fourth-order valence-corrected chi connectivity index (χ4v) is 7.83. The van der Waals surface area contributed by atoms with Crippen molar-refractivity contribution in [2.75, 3.05) is 49.5 Å². The molecule has 2 aromatic heterocycles. The highest BCUT2D eigenvalue weighted by Gasteiger charge is 2.39. The summed E-state index contributed by atoms with van der Waals surface area (Å²) in [5.74, 6) is 0.423. The molecule has 3 fully saturated rings. The molecule has 0 radical (unpaired) electrons. The van der Waals surface area contributed by atoms with Gasteiger partial charge in [-0.05, 0) is 85.0 Å². The number of anilines is 2. The van der Waals surface area contributed by atoms with E-state index in [9.17, 15) is 23.6 Å². The second kappa shape index (κ2) is 15.2. The van der Waals surface area contributed by atoms with Crippen LogP contribution in [0.2, 0.25) is 0 Å². The van der Waals surface area contributed by atoms with Gasteiger partial charge in [-0.1, -0.05) is 18.2 Å². The molecule has 0 saturated carbocycles. The summed E-state index contributed by atoms with van der Waals surface area (Å²) >= 11 is 0. The summed E-state index contributed by atoms with van der Waals surface area (Å²) in [5, 5.41) is 14.2. The van der Waals surface area contributed by atoms with Crippen molar-refractivity contribution < 1.29 is 23.6 Å². The summed E-state index contributed by atoms with van der Waals surface area (Å²) in [5.41, 5.74) is 4.35. The van der Waals surface area contributed by atoms with Gasteiger partial charge in [-0.3, -0.25) is 29.9 Å². The Balaban J connectivity index is 0.824. The van der Waals surface area contributed by atoms with Crippen molar-refractivity contribution in [2.24, 2.45) is 0 Å². The number of fused-ring (bicyclic) bond motifs is 1. The van der Waals surface area contributed by atoms with Crippen LogP contribution in [0.5, 0.6) is 0 Å². The van der Waals surface area contributed by atoms with Gasteiger partial charge < -0.3 is 29.9 Å². The Labute approximate surface area is 316 Å². The van der Waals surface area contributed by atoms with E-state index in [1.807, 2.05) is 40.1 Å². The molecule has 4 N–H and O–H groups in total. The minimum atomic E-state index is -0.676. The van der Waals surface area contributed by atoms with E-state index in [0.717, 1.165) is 47.7 Å². The van der Waals surface area contributed by atoms with Crippen LogP contribution >= 0.6 is 0 Å². The van der Waals surface area contributed by atoms with E-state index in [1.165, 1.54) is 11.0 Å². The van der Waals surface area contributed by atoms with E-state index in [-0.39, 0.29) is 49.1 Å². The second-order valence-corrected chi connectivity index (χ2v) is 14.2. The lowest BCUT2D eigenvalue weighted by Crippen LogP contribution is -2.52. The van der Waals surface area contributed by atoms with Crippen molar-refractivity contribution in [3.8, 4) is 11.4 Å². The maximum atomic E-state index is 13.9. The molecule has 3 saturated heterocycles. The molecule has 8 rings (SSSR count). The molecule has 4 amide bonds. The number of piperidine rings is 1. The molecule has 4 aromatic rings. The smallest absolute Gasteiger partial charge is 0.255 e. The Bertz CT molecular complexity index is 2200. The van der Waals surface area contributed by atoms with Crippen LogP contribution in [0.1, 0.15) is 59.0 Å². The first-order chi connectivity index (χ1) is 26.7. The molecule has 2 aromatic carbocycles. The highest BCUT2D eigenvalue weighted by molar-refractivity contribution is 6.05. The Kier molecular flexibility index (Phi) is 9.83. The number of imide groups is 1. The van der Waals surface area contributed by atoms with Crippen molar-refractivity contribution in [1.29, 1.82) is 5.41 Å². The number of H-pyrrole nitrogens is 1. The molecule has 0 spiro atoms. The largest absolute Gasteiger partial charge is 0.376 e. The Morgan fingerprint density at radius 1 is 0.982 bits per heavy atom. The number of nitrogens with one attached hydrogen (secondary N) is 4. The summed E-state index contributed by atoms with van der Waals surface area (Å²) in [6.45, 7) is 3.40. The van der Waals surface area contributed by atoms with E-state index in [0.29, 0.717) is 55.5 Å². The molecule has 15 heteroatoms. The number of pyridine rings is 1. The highest BCUT2D eigenvalue weighted by Crippen LogP contribution is 2.33. The minimum absolute atomic E-state index is 0.0314. The lowest BCUT2D eigenvalue weighted by molar-refractivity contribution is -0.137. The van der Waals surface area contributed by atoms with Crippen molar-refractivity contribution in [2.45, 2.75) is 44.3 Å². The standard InChI is InChI=1S/C40H41FN10O4/c41-27-5-1-4-25(20-27)32-7-3-15-50(32)34(42)12-13-35-44-22-31(45-35)30-6-2-8-36(46-30)48-16-18-49(19-17-48)38(53)23-43-28-9-10-29-26(21-28)24-51(40(29)55)33-11-14-37(52)47-39(33)54/h1-2,4-6,8-10,12-13,20-22,32-33,42-43H,3,7,11,14-19,23-24H2,(H,44,45)(H,47,52,54)/b13-12-,42-34?. The van der Waals surface area contributed by atoms with Crippen LogP contribution in [0.25, 0.3) is 17.5 Å². The number of carbonyl (C=O) groups excluding carboxylic acids is 4. The summed E-state index contributed by atoms with van der Waals surface area (Å²) in [7, 11) is 0. The molecule has 0 aliphatic carbocycles. The van der Waals surface area contributed by atoms with Gasteiger partial charge in [-0.2, -0.15) is 0 Å². The maximum absolute atomic E-state index is 13.9. The predicted octanol–water partition coefficient (Wildman–Crippen LogP) is 3.96. The van der Waals surface area contributed by atoms with E-state index < -0.39 is 11.9 Å². The number of aromatic nitrogens is 3. The predicted molar refractivity (Wildman–Crippen MR) is 203 cm³/mol. The lowest BCUT2D eigenvalue weighted by atomic mass is 10.0. The molecular weight excluding hydrogens is 704 g/mol. The van der Waals surface area contributed by atoms with Crippen molar-refractivity contribution in [3.05, 3.63) is 101 Å². The molecule has 2 unspecified atom stereocenters. The number of aromatic amines is 1. The summed E-state index contributed by atoms with van der Waals surface area (Å²) in [6.07, 6.45) is 7.51. The van der Waals surface area contributed by atoms with Gasteiger partial charge in [0.05, 0.1) is 30.2 Å². The number of rotatable bonds is 9. The monoisotopic (exact) mass is 744 g/mol. The summed E-state index contributed by atoms with van der Waals surface area (Å²) < 4.78 is 13.9. The van der Waals surface area contributed by atoms with E-state index in [2.05, 4.69) is 25.5 Å². The number of carbonyl (C=O) groups is 4. The third-order valence-electron chi connectivity index (χ3n) is 10.7. The van der Waals surface area contributed by atoms with Gasteiger partial charge in [0, 0.05) is 56.9 Å². The first-order valence-electron chi connectivity index (χ1n) is 18.6. The average molecular weight is 745 g/mol. The third-order valence-corrected chi connectivity index (χ3v) is 10.7. The number of amidine groups is 1. The number of nitrogens with zero attached hydrogens (tertiary/aromatic N) is 6. The van der Waals surface area contributed by atoms with Gasteiger partial charge in [-0.25, -0.2) is 14.4 Å². The quantitative estimate of drug-likeness (QED) is 0.113. The average Bonchev–Trinajstić information content (AvgIpc) is 3.96. The Hall–Kier alpha value is -6.38. The van der Waals surface area contributed by atoms with Crippen molar-refractivity contribution in [1.82, 2.24) is 35.0 Å². The molecular formula is C40H41FN10O4. The van der Waals surface area contributed by atoms with Crippen LogP contribution in [-0.4, -0.2) is 104 Å². The number of piperazine rings is 1. The van der Waals surface area contributed by atoms with Crippen molar-refractivity contribution >= 4 is 47.0 Å². The number of halogens is 1. The zero-order chi connectivity index (χ0) is 38.1. The van der Waals surface area contributed by atoms with Gasteiger partial charge in [0.2, 0.25) is 17.7 Å². The zero-order valence-corrected chi connectivity index (χ0v) is 30.1. The van der Waals surface area contributed by atoms with Gasteiger partial charge in [0.25, 0.3) is 5.91 Å². The molecule has 0 bridgehead atoms. The third kappa shape index (κ3) is 7.54. The first-order valence-corrected chi connectivity index (χ1v) is 18.6. The summed E-state index contributed by atoms with van der Waals surface area (Å²) in [6, 6.07) is 17.0. The lowest BCUT2D eigenvalue weighted by Gasteiger charge is -2.35. The van der Waals surface area contributed by atoms with Gasteiger partial charge in [-0.15, -0.1) is 0 Å². The molecule has 282 valence electrons. The first kappa shape index (κ1) is 35.6. The number of hydrogen-bond donors (Lipinski definition) is 4. The molecule has 55 heavy (non-hydrogen) atoms. The fraction of sp³-hybridized carbons (Fsp3) is 0.325. The normalized spacial score (nSPS) is 20.0. The van der Waals surface area contributed by atoms with E-state index in [4.69, 9.17) is 10.4 Å². The fourth-order valence-electron chi connectivity index (χ4n) is 7.83. The number of imidazole rings is 1. The Morgan fingerprint density at radius 2 is 1.82 bits per heavy atom. The molecule has 14 nitrogen and oxygen atoms in total. The van der Waals surface area contributed by atoms with Crippen LogP contribution in [0.4, 0.5) is 15.9 Å². The maximum Gasteiger partial charge on any atom is 0.255 e. The van der Waals surface area contributed by atoms with Gasteiger partial charge in [0.15, 0.2) is 0 Å². The van der Waals surface area contributed by atoms with E-state index >= 15 is 0 Å². The SMILES string of the molecule is N=C(/C=C\c1ncc(-c2cccc(N3CCN(C(=O)CNc4ccc5c(c4)CN(C4CCC(=O)NC4=O)C5=O)CC3)n2)[nH]1)N1CCCC1c1cccc(F)c1. The number of amides is 4. The topological polar surface area (TPSA) is 171 Å².